The van der Waals surface area contributed by atoms with Gasteiger partial charge in [-0.1, -0.05) is 42.5 Å². The highest BCUT2D eigenvalue weighted by molar-refractivity contribution is 5.25. The third kappa shape index (κ3) is 5.46. The molecule has 0 N–H and O–H groups in total. The highest BCUT2D eigenvalue weighted by atomic mass is 16.5. The fraction of sp³-hybridized carbons (Fsp3) is 0.524. The van der Waals surface area contributed by atoms with E-state index in [0.717, 1.165) is 37.9 Å². The van der Waals surface area contributed by atoms with Gasteiger partial charge in [-0.3, -0.25) is 0 Å². The monoisotopic (exact) mass is 298 g/mol. The molecule has 22 heavy (non-hydrogen) atoms. The average Bonchev–Trinajstić information content (AvgIpc) is 2.56. The average molecular weight is 298 g/mol. The summed E-state index contributed by atoms with van der Waals surface area (Å²) >= 11 is 0. The van der Waals surface area contributed by atoms with Gasteiger partial charge < -0.3 is 4.74 Å². The lowest BCUT2D eigenvalue weighted by Gasteiger charge is -2.27. The number of ether oxygens (including phenoxy) is 1. The number of unbranched alkanes of at least 4 members (excludes halogenated alkanes) is 1. The molecule has 1 aromatic rings. The number of rotatable bonds is 8. The second kappa shape index (κ2) is 9.63. The summed E-state index contributed by atoms with van der Waals surface area (Å²) in [5.74, 6) is 1.56. The van der Waals surface area contributed by atoms with Crippen LogP contribution in [0, 0.1) is 5.92 Å². The Balaban J connectivity index is 1.76. The zero-order valence-electron chi connectivity index (χ0n) is 14.0. The molecule has 2 rings (SSSR count). The number of hydrogen-bond donors (Lipinski definition) is 0. The maximum Gasteiger partial charge on any atom is 0.0716 e. The van der Waals surface area contributed by atoms with Crippen LogP contribution in [0.5, 0.6) is 0 Å². The molecule has 0 spiro atoms. The molecule has 120 valence electrons. The molecule has 1 fully saturated rings. The largest absolute Gasteiger partial charge is 0.377 e. The van der Waals surface area contributed by atoms with Gasteiger partial charge in [0.25, 0.3) is 0 Å². The van der Waals surface area contributed by atoms with E-state index in [9.17, 15) is 0 Å². The first-order valence-corrected chi connectivity index (χ1v) is 8.73. The van der Waals surface area contributed by atoms with Crippen LogP contribution in [-0.2, 0) is 11.3 Å². The Kier molecular flexibility index (Phi) is 7.45. The number of allylic oxidation sites excluding steroid dienone is 3. The molecule has 1 nitrogen and oxygen atoms in total. The van der Waals surface area contributed by atoms with Gasteiger partial charge in [0.2, 0.25) is 0 Å². The Bertz CT molecular complexity index is 449. The third-order valence-electron chi connectivity index (χ3n) is 4.65. The Hall–Kier alpha value is -1.34. The minimum absolute atomic E-state index is 0.728. The normalized spacial score (nSPS) is 22.0. The van der Waals surface area contributed by atoms with Gasteiger partial charge >= 0.3 is 0 Å². The second-order valence-electron chi connectivity index (χ2n) is 6.36. The molecule has 1 aromatic carbocycles. The van der Waals surface area contributed by atoms with Crippen LogP contribution >= 0.6 is 0 Å². The molecule has 0 amide bonds. The topological polar surface area (TPSA) is 9.23 Å². The standard InChI is InChI=1S/C21H30O/c1-3-5-6-16-22-17-19-10-14-21(15-11-19)20-12-8-18(7-4-2)9-13-20/h3-4,7,10-11,14-15,18,20H,1,5-6,8-9,12-13,16-17H2,2H3/b7-4+. The van der Waals surface area contributed by atoms with E-state index in [-0.39, 0.29) is 0 Å². The minimum atomic E-state index is 0.728. The molecule has 0 atom stereocenters. The van der Waals surface area contributed by atoms with E-state index >= 15 is 0 Å². The van der Waals surface area contributed by atoms with Gasteiger partial charge in [-0.25, -0.2) is 0 Å². The summed E-state index contributed by atoms with van der Waals surface area (Å²) in [6.07, 6.45) is 14.0. The van der Waals surface area contributed by atoms with Crippen molar-refractivity contribution < 1.29 is 4.74 Å². The van der Waals surface area contributed by atoms with Crippen LogP contribution in [0.1, 0.15) is 62.5 Å². The third-order valence-corrected chi connectivity index (χ3v) is 4.65. The first kappa shape index (κ1) is 17.0. The summed E-state index contributed by atoms with van der Waals surface area (Å²) in [7, 11) is 0. The number of benzene rings is 1. The first-order valence-electron chi connectivity index (χ1n) is 8.73. The predicted octanol–water partition coefficient (Wildman–Crippen LogP) is 6.02. The molecule has 0 aromatic heterocycles. The number of hydrogen-bond acceptors (Lipinski definition) is 1. The molecule has 0 aliphatic heterocycles. The van der Waals surface area contributed by atoms with Crippen molar-refractivity contribution in [1.29, 1.82) is 0 Å². The molecule has 0 radical (unpaired) electrons. The second-order valence-corrected chi connectivity index (χ2v) is 6.36. The molecule has 1 heteroatoms. The van der Waals surface area contributed by atoms with Crippen molar-refractivity contribution >= 4 is 0 Å². The molecule has 1 saturated carbocycles. The highest BCUT2D eigenvalue weighted by Gasteiger charge is 2.20. The van der Waals surface area contributed by atoms with E-state index in [4.69, 9.17) is 4.74 Å². The van der Waals surface area contributed by atoms with Crippen molar-refractivity contribution in [3.63, 3.8) is 0 Å². The van der Waals surface area contributed by atoms with Crippen molar-refractivity contribution in [1.82, 2.24) is 0 Å². The van der Waals surface area contributed by atoms with E-state index < -0.39 is 0 Å². The van der Waals surface area contributed by atoms with Gasteiger partial charge in [0, 0.05) is 6.61 Å². The van der Waals surface area contributed by atoms with E-state index in [1.165, 1.54) is 36.8 Å². The highest BCUT2D eigenvalue weighted by Crippen LogP contribution is 2.36. The van der Waals surface area contributed by atoms with Crippen LogP contribution in [0.4, 0.5) is 0 Å². The van der Waals surface area contributed by atoms with Gasteiger partial charge in [0.1, 0.15) is 0 Å². The summed E-state index contributed by atoms with van der Waals surface area (Å²) in [5, 5.41) is 0. The lowest BCUT2D eigenvalue weighted by atomic mass is 9.78. The van der Waals surface area contributed by atoms with Gasteiger partial charge in [-0.2, -0.15) is 0 Å². The van der Waals surface area contributed by atoms with Crippen LogP contribution in [0.2, 0.25) is 0 Å². The summed E-state index contributed by atoms with van der Waals surface area (Å²) < 4.78 is 5.69. The van der Waals surface area contributed by atoms with Crippen LogP contribution in [-0.4, -0.2) is 6.61 Å². The van der Waals surface area contributed by atoms with Gasteiger partial charge in [-0.05, 0) is 68.4 Å². The van der Waals surface area contributed by atoms with Crippen molar-refractivity contribution in [2.75, 3.05) is 6.61 Å². The lowest BCUT2D eigenvalue weighted by Crippen LogP contribution is -2.11. The molecule has 0 heterocycles. The summed E-state index contributed by atoms with van der Waals surface area (Å²) in [4.78, 5) is 0. The fourth-order valence-corrected chi connectivity index (χ4v) is 3.32. The van der Waals surface area contributed by atoms with Crippen LogP contribution in [0.3, 0.4) is 0 Å². The molecule has 0 saturated heterocycles. The van der Waals surface area contributed by atoms with E-state index in [2.05, 4.69) is 49.9 Å². The van der Waals surface area contributed by atoms with E-state index in [1.54, 1.807) is 0 Å². The van der Waals surface area contributed by atoms with Crippen LogP contribution < -0.4 is 0 Å². The molecular formula is C21H30O. The Morgan fingerprint density at radius 2 is 1.86 bits per heavy atom. The SMILES string of the molecule is C=CCCCOCc1ccc(C2CCC(/C=C/C)CC2)cc1. The summed E-state index contributed by atoms with van der Waals surface area (Å²) in [6.45, 7) is 7.41. The molecule has 0 unspecified atom stereocenters. The molecule has 1 aliphatic carbocycles. The molecule has 0 bridgehead atoms. The lowest BCUT2D eigenvalue weighted by molar-refractivity contribution is 0.119. The van der Waals surface area contributed by atoms with Crippen molar-refractivity contribution in [3.8, 4) is 0 Å². The Labute approximate surface area is 136 Å². The van der Waals surface area contributed by atoms with Crippen LogP contribution in [0.15, 0.2) is 49.1 Å². The van der Waals surface area contributed by atoms with Crippen molar-refractivity contribution in [2.45, 2.75) is 58.0 Å². The summed E-state index contributed by atoms with van der Waals surface area (Å²) in [6, 6.07) is 9.09. The predicted molar refractivity (Wildman–Crippen MR) is 95.0 cm³/mol. The summed E-state index contributed by atoms with van der Waals surface area (Å²) in [5.41, 5.74) is 2.79. The van der Waals surface area contributed by atoms with Crippen LogP contribution in [0.25, 0.3) is 0 Å². The zero-order chi connectivity index (χ0) is 15.6. The van der Waals surface area contributed by atoms with Crippen molar-refractivity contribution in [2.24, 2.45) is 5.92 Å². The smallest absolute Gasteiger partial charge is 0.0716 e. The van der Waals surface area contributed by atoms with Gasteiger partial charge in [-0.15, -0.1) is 6.58 Å². The van der Waals surface area contributed by atoms with E-state index in [1.807, 2.05) is 6.08 Å². The van der Waals surface area contributed by atoms with Gasteiger partial charge in [0.05, 0.1) is 6.61 Å². The molecular weight excluding hydrogens is 268 g/mol. The molecule has 1 aliphatic rings. The maximum atomic E-state index is 5.69. The Morgan fingerprint density at radius 3 is 2.50 bits per heavy atom. The Morgan fingerprint density at radius 1 is 1.14 bits per heavy atom. The quantitative estimate of drug-likeness (QED) is 0.421. The maximum absolute atomic E-state index is 5.69. The minimum Gasteiger partial charge on any atom is -0.377 e. The van der Waals surface area contributed by atoms with E-state index in [0.29, 0.717) is 0 Å². The van der Waals surface area contributed by atoms with Crippen molar-refractivity contribution in [3.05, 3.63) is 60.2 Å². The zero-order valence-corrected chi connectivity index (χ0v) is 14.0. The fourth-order valence-electron chi connectivity index (χ4n) is 3.32. The first-order chi connectivity index (χ1) is 10.8. The van der Waals surface area contributed by atoms with Gasteiger partial charge in [0.15, 0.2) is 0 Å².